The van der Waals surface area contributed by atoms with Crippen LogP contribution >= 0.6 is 0 Å². The lowest BCUT2D eigenvalue weighted by molar-refractivity contribution is -0.130. The summed E-state index contributed by atoms with van der Waals surface area (Å²) in [7, 11) is 0. The topological polar surface area (TPSA) is 246 Å². The summed E-state index contributed by atoms with van der Waals surface area (Å²) in [5.41, 5.74) is 20.8. The van der Waals surface area contributed by atoms with E-state index in [-0.39, 0.29) is 6.42 Å². The number of primary amides is 2. The van der Waals surface area contributed by atoms with Crippen LogP contribution in [0.15, 0.2) is 0 Å². The maximum atomic E-state index is 12.4. The van der Waals surface area contributed by atoms with Gasteiger partial charge in [0.05, 0.1) is 13.0 Å². The summed E-state index contributed by atoms with van der Waals surface area (Å²) in [6.45, 7) is -0.317. The van der Waals surface area contributed by atoms with E-state index in [0.29, 0.717) is 19.4 Å². The highest BCUT2D eigenvalue weighted by Crippen LogP contribution is 2.02. The maximum Gasteiger partial charge on any atom is 0.322 e. The third-order valence-electron chi connectivity index (χ3n) is 3.40. The van der Waals surface area contributed by atoms with Gasteiger partial charge in [-0.1, -0.05) is 0 Å². The van der Waals surface area contributed by atoms with E-state index in [4.69, 9.17) is 28.0 Å². The van der Waals surface area contributed by atoms with Crippen LogP contribution < -0.4 is 38.9 Å². The van der Waals surface area contributed by atoms with Crippen LogP contribution in [0.25, 0.3) is 0 Å². The molecule has 0 fully saturated rings. The summed E-state index contributed by atoms with van der Waals surface area (Å²) < 4.78 is 0. The zero-order valence-corrected chi connectivity index (χ0v) is 14.8. The first-order valence-electron chi connectivity index (χ1n) is 8.18. The monoisotopic (exact) mass is 389 g/mol. The van der Waals surface area contributed by atoms with Crippen LogP contribution in [0.5, 0.6) is 0 Å². The zero-order valence-electron chi connectivity index (χ0n) is 14.8. The number of aliphatic hydroxyl groups is 1. The van der Waals surface area contributed by atoms with Crippen LogP contribution in [0, 0.1) is 0 Å². The first kappa shape index (κ1) is 24.2. The molecule has 0 aliphatic heterocycles. The van der Waals surface area contributed by atoms with Gasteiger partial charge in [-0.3, -0.25) is 24.5 Å². The minimum Gasteiger partial charge on any atom is -0.394 e. The fourth-order valence-corrected chi connectivity index (χ4v) is 1.94. The van der Waals surface area contributed by atoms with E-state index in [1.165, 1.54) is 0 Å². The normalized spacial score (nSPS) is 13.7. The van der Waals surface area contributed by atoms with Gasteiger partial charge in [0.1, 0.15) is 18.1 Å². The smallest absolute Gasteiger partial charge is 0.322 e. The molecule has 0 aromatic heterocycles. The summed E-state index contributed by atoms with van der Waals surface area (Å²) >= 11 is 0. The molecule has 0 saturated carbocycles. The van der Waals surface area contributed by atoms with Gasteiger partial charge < -0.3 is 38.7 Å². The predicted molar refractivity (Wildman–Crippen MR) is 93.4 cm³/mol. The molecule has 154 valence electrons. The summed E-state index contributed by atoms with van der Waals surface area (Å²) in [4.78, 5) is 58.0. The van der Waals surface area contributed by atoms with Crippen molar-refractivity contribution in [1.82, 2.24) is 16.0 Å². The van der Waals surface area contributed by atoms with E-state index in [0.717, 1.165) is 0 Å². The van der Waals surface area contributed by atoms with Crippen molar-refractivity contribution in [2.45, 2.75) is 43.8 Å². The van der Waals surface area contributed by atoms with E-state index in [1.54, 1.807) is 0 Å². The molecule has 0 spiro atoms. The molecular formula is C14H27N7O6. The van der Waals surface area contributed by atoms with Gasteiger partial charge in [-0.15, -0.1) is 0 Å². The Kier molecular flexibility index (Phi) is 11.3. The van der Waals surface area contributed by atoms with E-state index < -0.39 is 60.8 Å². The highest BCUT2D eigenvalue weighted by atomic mass is 16.3. The number of nitrogens with one attached hydrogen (secondary N) is 3. The number of amides is 6. The van der Waals surface area contributed by atoms with Crippen molar-refractivity contribution >= 4 is 29.7 Å². The van der Waals surface area contributed by atoms with Crippen molar-refractivity contribution < 1.29 is 29.1 Å². The van der Waals surface area contributed by atoms with E-state index in [1.807, 2.05) is 5.32 Å². The molecule has 0 rings (SSSR count). The van der Waals surface area contributed by atoms with Crippen LogP contribution in [0.4, 0.5) is 4.79 Å². The Labute approximate surface area is 155 Å². The molecule has 27 heavy (non-hydrogen) atoms. The van der Waals surface area contributed by atoms with Gasteiger partial charge >= 0.3 is 6.03 Å². The van der Waals surface area contributed by atoms with Crippen molar-refractivity contribution in [3.8, 4) is 0 Å². The third-order valence-corrected chi connectivity index (χ3v) is 3.40. The van der Waals surface area contributed by atoms with E-state index in [9.17, 15) is 24.0 Å². The number of hydrogen-bond donors (Lipinski definition) is 8. The van der Waals surface area contributed by atoms with Gasteiger partial charge in [0.15, 0.2) is 0 Å². The van der Waals surface area contributed by atoms with Gasteiger partial charge in [0, 0.05) is 0 Å². The quantitative estimate of drug-likeness (QED) is 0.151. The van der Waals surface area contributed by atoms with E-state index in [2.05, 4.69) is 10.6 Å². The summed E-state index contributed by atoms with van der Waals surface area (Å²) in [5.74, 6) is -3.57. The number of unbranched alkanes of at least 4 members (excludes halogenated alkanes) is 1. The largest absolute Gasteiger partial charge is 0.394 e. The molecule has 12 N–H and O–H groups in total. The van der Waals surface area contributed by atoms with Crippen LogP contribution in [-0.4, -0.2) is 66.0 Å². The lowest BCUT2D eigenvalue weighted by atomic mass is 10.1. The molecule has 0 aliphatic rings. The SMILES string of the molecule is NCCCC[C@H](NC(=O)NC(=O)[C@@H](N)CO)C(=O)N[C@@H](CC(N)=O)C(N)=O. The molecule has 0 aliphatic carbocycles. The third kappa shape index (κ3) is 10.1. The highest BCUT2D eigenvalue weighted by molar-refractivity contribution is 5.99. The zero-order chi connectivity index (χ0) is 21.0. The predicted octanol–water partition coefficient (Wildman–Crippen LogP) is -4.53. The maximum absolute atomic E-state index is 12.4. The van der Waals surface area contributed by atoms with Crippen molar-refractivity contribution in [3.05, 3.63) is 0 Å². The van der Waals surface area contributed by atoms with Crippen LogP contribution in [-0.2, 0) is 19.2 Å². The molecule has 6 amide bonds. The standard InChI is InChI=1S/C14H27N7O6/c15-4-2-1-3-8(20-14(27)21-12(25)7(16)6-22)13(26)19-9(11(18)24)5-10(17)23/h7-9,22H,1-6,15-16H2,(H2,17,23)(H2,18,24)(H,19,26)(H2,20,21,25,27)/t7-,8-,9-/m0/s1. The Hall–Kier alpha value is -2.77. The number of imide groups is 1. The van der Waals surface area contributed by atoms with Crippen molar-refractivity contribution in [2.24, 2.45) is 22.9 Å². The second-order valence-electron chi connectivity index (χ2n) is 5.72. The number of carbonyl (C=O) groups is 5. The van der Waals surface area contributed by atoms with Crippen LogP contribution in [0.2, 0.25) is 0 Å². The first-order chi connectivity index (χ1) is 12.6. The highest BCUT2D eigenvalue weighted by Gasteiger charge is 2.27. The summed E-state index contributed by atoms with van der Waals surface area (Å²) in [5, 5.41) is 15.1. The molecular weight excluding hydrogens is 362 g/mol. The summed E-state index contributed by atoms with van der Waals surface area (Å²) in [6, 6.07) is -4.83. The molecule has 0 unspecified atom stereocenters. The number of rotatable bonds is 12. The van der Waals surface area contributed by atoms with Gasteiger partial charge in [-0.25, -0.2) is 4.79 Å². The molecule has 13 heteroatoms. The van der Waals surface area contributed by atoms with Gasteiger partial charge in [-0.05, 0) is 25.8 Å². The van der Waals surface area contributed by atoms with Gasteiger partial charge in [0.2, 0.25) is 23.6 Å². The van der Waals surface area contributed by atoms with Crippen LogP contribution in [0.1, 0.15) is 25.7 Å². The van der Waals surface area contributed by atoms with Crippen molar-refractivity contribution in [1.29, 1.82) is 0 Å². The Morgan fingerprint density at radius 1 is 0.926 bits per heavy atom. The number of nitrogens with two attached hydrogens (primary N) is 4. The molecule has 0 saturated heterocycles. The second-order valence-corrected chi connectivity index (χ2v) is 5.72. The molecule has 0 heterocycles. The molecule has 13 nitrogen and oxygen atoms in total. The Balaban J connectivity index is 5.01. The Morgan fingerprint density at radius 2 is 1.56 bits per heavy atom. The fraction of sp³-hybridized carbons (Fsp3) is 0.643. The van der Waals surface area contributed by atoms with Crippen molar-refractivity contribution in [2.75, 3.05) is 13.2 Å². The van der Waals surface area contributed by atoms with Gasteiger partial charge in [0.25, 0.3) is 0 Å². The number of aliphatic hydroxyl groups excluding tert-OH is 1. The number of hydrogen-bond acceptors (Lipinski definition) is 8. The molecule has 0 radical (unpaired) electrons. The minimum absolute atomic E-state index is 0.138. The average Bonchev–Trinajstić information content (AvgIpc) is 2.58. The Morgan fingerprint density at radius 3 is 2.04 bits per heavy atom. The first-order valence-corrected chi connectivity index (χ1v) is 8.18. The van der Waals surface area contributed by atoms with Gasteiger partial charge in [-0.2, -0.15) is 0 Å². The molecule has 3 atom stereocenters. The van der Waals surface area contributed by atoms with E-state index >= 15 is 0 Å². The minimum atomic E-state index is -1.35. The molecule has 0 bridgehead atoms. The molecule has 0 aromatic carbocycles. The summed E-state index contributed by atoms with van der Waals surface area (Å²) in [6.07, 6.45) is 0.642. The average molecular weight is 389 g/mol. The second kappa shape index (κ2) is 12.6. The lowest BCUT2D eigenvalue weighted by Crippen LogP contribution is -2.57. The van der Waals surface area contributed by atoms with Crippen LogP contribution in [0.3, 0.4) is 0 Å². The number of urea groups is 1. The Bertz CT molecular complexity index is 556. The fourth-order valence-electron chi connectivity index (χ4n) is 1.94. The number of carbonyl (C=O) groups excluding carboxylic acids is 5. The van der Waals surface area contributed by atoms with Crippen molar-refractivity contribution in [3.63, 3.8) is 0 Å². The lowest BCUT2D eigenvalue weighted by Gasteiger charge is -2.21. The molecule has 0 aromatic rings.